The van der Waals surface area contributed by atoms with E-state index in [0.717, 1.165) is 18.1 Å². The Hall–Kier alpha value is -2.21. The number of anilines is 1. The summed E-state index contributed by atoms with van der Waals surface area (Å²) in [6.07, 6.45) is 7.55. The van der Waals surface area contributed by atoms with E-state index >= 15 is 0 Å². The molecule has 0 fully saturated rings. The Morgan fingerprint density at radius 3 is 2.81 bits per heavy atom. The van der Waals surface area contributed by atoms with Crippen molar-refractivity contribution in [3.8, 4) is 11.6 Å². The maximum atomic E-state index is 5.89. The van der Waals surface area contributed by atoms with E-state index < -0.39 is 0 Å². The molecule has 108 valence electrons. The van der Waals surface area contributed by atoms with Crippen LogP contribution in [-0.4, -0.2) is 27.2 Å². The van der Waals surface area contributed by atoms with Crippen LogP contribution in [0.4, 0.5) is 5.82 Å². The highest BCUT2D eigenvalue weighted by atomic mass is 32.2. The fourth-order valence-electron chi connectivity index (χ4n) is 1.99. The first kappa shape index (κ1) is 13.8. The third-order valence-corrected chi connectivity index (χ3v) is 3.72. The number of ether oxygens (including phenoxy) is 1. The van der Waals surface area contributed by atoms with E-state index in [1.807, 2.05) is 54.2 Å². The molecule has 2 heterocycles. The van der Waals surface area contributed by atoms with Gasteiger partial charge in [-0.05, 0) is 37.4 Å². The van der Waals surface area contributed by atoms with Crippen LogP contribution in [0.5, 0.6) is 11.6 Å². The fraction of sp³-hybridized carbons (Fsp3) is 0.200. The van der Waals surface area contributed by atoms with Gasteiger partial charge in [-0.2, -0.15) is 4.98 Å². The standard InChI is InChI=1S/C15H16N4OS/c1-3-16-13-10-19-9-8-17-14(19)15(18-13)20-11-4-6-12(21-2)7-5-11/h4-10,16H,3H2,1-2H3. The Balaban J connectivity index is 1.95. The number of hydrogen-bond acceptors (Lipinski definition) is 5. The van der Waals surface area contributed by atoms with Crippen molar-refractivity contribution in [3.05, 3.63) is 42.9 Å². The Morgan fingerprint density at radius 1 is 1.29 bits per heavy atom. The van der Waals surface area contributed by atoms with Crippen molar-refractivity contribution in [2.24, 2.45) is 0 Å². The molecule has 1 aromatic carbocycles. The zero-order chi connectivity index (χ0) is 14.7. The molecule has 3 rings (SSSR count). The van der Waals surface area contributed by atoms with E-state index in [4.69, 9.17) is 4.74 Å². The molecule has 2 aromatic heterocycles. The molecule has 0 radical (unpaired) electrons. The number of benzene rings is 1. The average molecular weight is 300 g/mol. The van der Waals surface area contributed by atoms with E-state index in [2.05, 4.69) is 15.3 Å². The lowest BCUT2D eigenvalue weighted by molar-refractivity contribution is 0.465. The van der Waals surface area contributed by atoms with Crippen molar-refractivity contribution in [3.63, 3.8) is 0 Å². The molecule has 0 unspecified atom stereocenters. The molecule has 6 heteroatoms. The molecule has 21 heavy (non-hydrogen) atoms. The molecule has 0 aliphatic carbocycles. The Labute approximate surface area is 127 Å². The van der Waals surface area contributed by atoms with Crippen LogP contribution < -0.4 is 10.1 Å². The largest absolute Gasteiger partial charge is 0.436 e. The second kappa shape index (κ2) is 6.05. The van der Waals surface area contributed by atoms with Gasteiger partial charge in [-0.15, -0.1) is 11.8 Å². The normalized spacial score (nSPS) is 10.8. The Kier molecular flexibility index (Phi) is 3.96. The molecule has 1 N–H and O–H groups in total. The molecule has 0 saturated carbocycles. The maximum Gasteiger partial charge on any atom is 0.265 e. The molecule has 0 amide bonds. The first-order chi connectivity index (χ1) is 10.3. The summed E-state index contributed by atoms with van der Waals surface area (Å²) in [5.74, 6) is 2.01. The molecule has 0 atom stereocenters. The van der Waals surface area contributed by atoms with Crippen LogP contribution >= 0.6 is 11.8 Å². The monoisotopic (exact) mass is 300 g/mol. The molecular weight excluding hydrogens is 284 g/mol. The van der Waals surface area contributed by atoms with Crippen LogP contribution in [0.15, 0.2) is 47.8 Å². The number of nitrogens with zero attached hydrogens (tertiary/aromatic N) is 3. The maximum absolute atomic E-state index is 5.89. The van der Waals surface area contributed by atoms with Gasteiger partial charge >= 0.3 is 0 Å². The highest BCUT2D eigenvalue weighted by molar-refractivity contribution is 7.98. The lowest BCUT2D eigenvalue weighted by Crippen LogP contribution is -2.03. The van der Waals surface area contributed by atoms with Crippen LogP contribution in [0.1, 0.15) is 6.92 Å². The van der Waals surface area contributed by atoms with Crippen molar-refractivity contribution in [1.82, 2.24) is 14.4 Å². The van der Waals surface area contributed by atoms with Crippen molar-refractivity contribution >= 4 is 23.2 Å². The Morgan fingerprint density at radius 2 is 2.10 bits per heavy atom. The van der Waals surface area contributed by atoms with Gasteiger partial charge in [-0.3, -0.25) is 4.40 Å². The van der Waals surface area contributed by atoms with Gasteiger partial charge in [0.2, 0.25) is 5.65 Å². The summed E-state index contributed by atoms with van der Waals surface area (Å²) in [5.41, 5.74) is 0.700. The molecule has 0 aliphatic heterocycles. The second-order valence-electron chi connectivity index (χ2n) is 4.40. The average Bonchev–Trinajstić information content (AvgIpc) is 2.97. The lowest BCUT2D eigenvalue weighted by atomic mass is 10.3. The number of hydrogen-bond donors (Lipinski definition) is 1. The van der Waals surface area contributed by atoms with Crippen LogP contribution in [-0.2, 0) is 0 Å². The molecule has 0 aliphatic rings. The number of nitrogens with one attached hydrogen (secondary N) is 1. The predicted molar refractivity (Wildman–Crippen MR) is 85.4 cm³/mol. The van der Waals surface area contributed by atoms with Gasteiger partial charge in [0.05, 0.1) is 6.20 Å². The van der Waals surface area contributed by atoms with E-state index in [-0.39, 0.29) is 0 Å². The number of fused-ring (bicyclic) bond motifs is 1. The van der Waals surface area contributed by atoms with Gasteiger partial charge < -0.3 is 10.1 Å². The highest BCUT2D eigenvalue weighted by Crippen LogP contribution is 2.26. The summed E-state index contributed by atoms with van der Waals surface area (Å²) in [4.78, 5) is 9.97. The minimum Gasteiger partial charge on any atom is -0.436 e. The predicted octanol–water partition coefficient (Wildman–Crippen LogP) is 3.68. The number of aromatic nitrogens is 3. The quantitative estimate of drug-likeness (QED) is 0.729. The summed E-state index contributed by atoms with van der Waals surface area (Å²) < 4.78 is 7.79. The fourth-order valence-corrected chi connectivity index (χ4v) is 2.40. The van der Waals surface area contributed by atoms with Crippen LogP contribution in [0.2, 0.25) is 0 Å². The van der Waals surface area contributed by atoms with Gasteiger partial charge in [0.1, 0.15) is 11.6 Å². The summed E-state index contributed by atoms with van der Waals surface area (Å²) in [5, 5.41) is 3.19. The first-order valence-corrected chi connectivity index (χ1v) is 7.92. The molecule has 0 bridgehead atoms. The number of rotatable bonds is 5. The van der Waals surface area contributed by atoms with Crippen molar-refractivity contribution in [2.75, 3.05) is 18.1 Å². The summed E-state index contributed by atoms with van der Waals surface area (Å²) in [6, 6.07) is 7.92. The first-order valence-electron chi connectivity index (χ1n) is 6.69. The topological polar surface area (TPSA) is 51.5 Å². The summed E-state index contributed by atoms with van der Waals surface area (Å²) in [7, 11) is 0. The van der Waals surface area contributed by atoms with Gasteiger partial charge in [0.15, 0.2) is 0 Å². The van der Waals surface area contributed by atoms with Crippen LogP contribution in [0.3, 0.4) is 0 Å². The van der Waals surface area contributed by atoms with Crippen molar-refractivity contribution in [2.45, 2.75) is 11.8 Å². The van der Waals surface area contributed by atoms with Gasteiger partial charge in [0, 0.05) is 23.8 Å². The molecule has 3 aromatic rings. The minimum absolute atomic E-state index is 0.496. The zero-order valence-corrected chi connectivity index (χ0v) is 12.7. The summed E-state index contributed by atoms with van der Waals surface area (Å²) in [6.45, 7) is 2.83. The molecule has 0 saturated heterocycles. The third kappa shape index (κ3) is 2.95. The minimum atomic E-state index is 0.496. The Bertz CT molecular complexity index is 739. The summed E-state index contributed by atoms with van der Waals surface area (Å²) >= 11 is 1.70. The second-order valence-corrected chi connectivity index (χ2v) is 5.28. The van der Waals surface area contributed by atoms with E-state index in [1.54, 1.807) is 18.0 Å². The zero-order valence-electron chi connectivity index (χ0n) is 11.9. The highest BCUT2D eigenvalue weighted by Gasteiger charge is 2.09. The van der Waals surface area contributed by atoms with Gasteiger partial charge in [0.25, 0.3) is 5.88 Å². The van der Waals surface area contributed by atoms with Gasteiger partial charge in [-0.25, -0.2) is 4.98 Å². The smallest absolute Gasteiger partial charge is 0.265 e. The van der Waals surface area contributed by atoms with E-state index in [9.17, 15) is 0 Å². The van der Waals surface area contributed by atoms with Crippen LogP contribution in [0, 0.1) is 0 Å². The molecule has 0 spiro atoms. The van der Waals surface area contributed by atoms with Crippen LogP contribution in [0.25, 0.3) is 5.65 Å². The van der Waals surface area contributed by atoms with E-state index in [0.29, 0.717) is 11.5 Å². The van der Waals surface area contributed by atoms with Crippen molar-refractivity contribution in [1.29, 1.82) is 0 Å². The number of imidazole rings is 1. The molecule has 5 nitrogen and oxygen atoms in total. The van der Waals surface area contributed by atoms with Gasteiger partial charge in [-0.1, -0.05) is 0 Å². The lowest BCUT2D eigenvalue weighted by Gasteiger charge is -2.09. The number of thioether (sulfide) groups is 1. The van der Waals surface area contributed by atoms with Crippen molar-refractivity contribution < 1.29 is 4.74 Å². The SMILES string of the molecule is CCNc1cn2ccnc2c(Oc2ccc(SC)cc2)n1. The molecular formula is C15H16N4OS. The third-order valence-electron chi connectivity index (χ3n) is 2.98. The van der Waals surface area contributed by atoms with E-state index in [1.165, 1.54) is 4.90 Å².